The first-order valence-electron chi connectivity index (χ1n) is 3.78. The van der Waals surface area contributed by atoms with Crippen LogP contribution in [-0.4, -0.2) is 12.1 Å². The standard InChI is InChI=1S/C7H14N2.2ClH/c8-6-2-4-1-5(6)3-7(4)9;;/h4-7H,1-3,8-9H2;2*1H/t4-,5-,6-,7-;;/m1../s1. The normalized spacial score (nSPS) is 46.4. The Bertz CT molecular complexity index is 114. The highest BCUT2D eigenvalue weighted by Crippen LogP contribution is 2.42. The van der Waals surface area contributed by atoms with E-state index in [9.17, 15) is 0 Å². The Morgan fingerprint density at radius 2 is 1.09 bits per heavy atom. The van der Waals surface area contributed by atoms with Gasteiger partial charge >= 0.3 is 0 Å². The van der Waals surface area contributed by atoms with Gasteiger partial charge in [0.05, 0.1) is 0 Å². The van der Waals surface area contributed by atoms with Crippen molar-refractivity contribution < 1.29 is 0 Å². The molecule has 0 unspecified atom stereocenters. The van der Waals surface area contributed by atoms with Gasteiger partial charge in [-0.1, -0.05) is 0 Å². The molecule has 0 aromatic heterocycles. The van der Waals surface area contributed by atoms with Crippen molar-refractivity contribution in [1.29, 1.82) is 0 Å². The van der Waals surface area contributed by atoms with E-state index in [1.54, 1.807) is 0 Å². The summed E-state index contributed by atoms with van der Waals surface area (Å²) in [7, 11) is 0. The van der Waals surface area contributed by atoms with Crippen LogP contribution in [-0.2, 0) is 0 Å². The zero-order valence-corrected chi connectivity index (χ0v) is 8.03. The van der Waals surface area contributed by atoms with Gasteiger partial charge in [0.15, 0.2) is 0 Å². The Labute approximate surface area is 79.9 Å². The second-order valence-corrected chi connectivity index (χ2v) is 3.55. The van der Waals surface area contributed by atoms with E-state index in [0.717, 1.165) is 11.8 Å². The van der Waals surface area contributed by atoms with Gasteiger partial charge in [0.1, 0.15) is 0 Å². The number of nitrogens with two attached hydrogens (primary N) is 2. The molecule has 4 heteroatoms. The Kier molecular flexibility index (Phi) is 4.12. The average molecular weight is 199 g/mol. The zero-order chi connectivity index (χ0) is 6.43. The first-order chi connectivity index (χ1) is 4.27. The van der Waals surface area contributed by atoms with Crippen LogP contribution in [0.4, 0.5) is 0 Å². The zero-order valence-electron chi connectivity index (χ0n) is 6.40. The van der Waals surface area contributed by atoms with Crippen molar-refractivity contribution in [3.05, 3.63) is 0 Å². The number of fused-ring (bicyclic) bond motifs is 2. The molecule has 11 heavy (non-hydrogen) atoms. The maximum atomic E-state index is 5.83. The topological polar surface area (TPSA) is 52.0 Å². The highest BCUT2D eigenvalue weighted by atomic mass is 35.5. The molecule has 68 valence electrons. The minimum atomic E-state index is 0. The van der Waals surface area contributed by atoms with Gasteiger partial charge in [-0.25, -0.2) is 0 Å². The maximum absolute atomic E-state index is 5.83. The molecule has 4 N–H and O–H groups in total. The third-order valence-corrected chi connectivity index (χ3v) is 2.97. The predicted molar refractivity (Wildman–Crippen MR) is 51.3 cm³/mol. The lowest BCUT2D eigenvalue weighted by molar-refractivity contribution is 0.375. The van der Waals surface area contributed by atoms with Gasteiger partial charge < -0.3 is 11.5 Å². The van der Waals surface area contributed by atoms with Crippen LogP contribution >= 0.6 is 24.8 Å². The van der Waals surface area contributed by atoms with Crippen molar-refractivity contribution >= 4 is 24.8 Å². The Morgan fingerprint density at radius 3 is 1.27 bits per heavy atom. The van der Waals surface area contributed by atoms with Crippen molar-refractivity contribution in [1.82, 2.24) is 0 Å². The molecule has 2 bridgehead atoms. The second kappa shape index (κ2) is 3.94. The van der Waals surface area contributed by atoms with Gasteiger partial charge in [-0.2, -0.15) is 0 Å². The fourth-order valence-electron chi connectivity index (χ4n) is 2.36. The molecule has 4 atom stereocenters. The van der Waals surface area contributed by atoms with Gasteiger partial charge in [0, 0.05) is 12.1 Å². The van der Waals surface area contributed by atoms with Crippen LogP contribution in [0.1, 0.15) is 19.3 Å². The highest BCUT2D eigenvalue weighted by molar-refractivity contribution is 5.85. The van der Waals surface area contributed by atoms with Crippen molar-refractivity contribution in [2.75, 3.05) is 0 Å². The van der Waals surface area contributed by atoms with E-state index < -0.39 is 0 Å². The second-order valence-electron chi connectivity index (χ2n) is 3.55. The molecule has 2 nitrogen and oxygen atoms in total. The van der Waals surface area contributed by atoms with Crippen LogP contribution in [0.2, 0.25) is 0 Å². The van der Waals surface area contributed by atoms with Crippen LogP contribution in [0.5, 0.6) is 0 Å². The number of hydrogen-bond acceptors (Lipinski definition) is 2. The van der Waals surface area contributed by atoms with Crippen LogP contribution in [0, 0.1) is 11.8 Å². The molecule has 2 aliphatic rings. The lowest BCUT2D eigenvalue weighted by Gasteiger charge is -2.21. The number of hydrogen-bond donors (Lipinski definition) is 2. The molecule has 2 aliphatic carbocycles. The van der Waals surface area contributed by atoms with Crippen molar-refractivity contribution in [3.8, 4) is 0 Å². The van der Waals surface area contributed by atoms with Crippen molar-refractivity contribution in [2.24, 2.45) is 23.3 Å². The molecule has 0 spiro atoms. The summed E-state index contributed by atoms with van der Waals surface area (Å²) < 4.78 is 0. The lowest BCUT2D eigenvalue weighted by Crippen LogP contribution is -2.35. The molecule has 2 fully saturated rings. The fraction of sp³-hybridized carbons (Fsp3) is 1.00. The summed E-state index contributed by atoms with van der Waals surface area (Å²) in [5.41, 5.74) is 11.7. The molecule has 0 amide bonds. The van der Waals surface area contributed by atoms with Gasteiger partial charge in [-0.15, -0.1) is 24.8 Å². The summed E-state index contributed by atoms with van der Waals surface area (Å²) in [6, 6.07) is 0.963. The average Bonchev–Trinajstić information content (AvgIpc) is 2.24. The molecule has 0 radical (unpaired) electrons. The summed E-state index contributed by atoms with van der Waals surface area (Å²) in [5, 5.41) is 0. The first kappa shape index (κ1) is 11.5. The molecule has 0 aliphatic heterocycles. The fourth-order valence-corrected chi connectivity index (χ4v) is 2.36. The minimum absolute atomic E-state index is 0. The van der Waals surface area contributed by atoms with Gasteiger partial charge in [0.2, 0.25) is 0 Å². The van der Waals surface area contributed by atoms with Crippen LogP contribution in [0.3, 0.4) is 0 Å². The van der Waals surface area contributed by atoms with E-state index in [1.807, 2.05) is 0 Å². The molecule has 0 aromatic carbocycles. The smallest absolute Gasteiger partial charge is 0.00710 e. The summed E-state index contributed by atoms with van der Waals surface area (Å²) in [4.78, 5) is 0. The molecular weight excluding hydrogens is 183 g/mol. The summed E-state index contributed by atoms with van der Waals surface area (Å²) in [5.74, 6) is 1.54. The van der Waals surface area contributed by atoms with Crippen molar-refractivity contribution in [2.45, 2.75) is 31.3 Å². The van der Waals surface area contributed by atoms with Crippen LogP contribution in [0.15, 0.2) is 0 Å². The monoisotopic (exact) mass is 198 g/mol. The summed E-state index contributed by atoms with van der Waals surface area (Å²) in [6.45, 7) is 0. The largest absolute Gasteiger partial charge is 0.327 e. The third-order valence-electron chi connectivity index (χ3n) is 2.97. The molecule has 2 rings (SSSR count). The van der Waals surface area contributed by atoms with Crippen molar-refractivity contribution in [3.63, 3.8) is 0 Å². The van der Waals surface area contributed by atoms with E-state index in [2.05, 4.69) is 0 Å². The minimum Gasteiger partial charge on any atom is -0.327 e. The quantitative estimate of drug-likeness (QED) is 0.609. The SMILES string of the molecule is Cl.Cl.N[C@@H]1C[C@H]2C[C@@H]1C[C@H]2N. The summed E-state index contributed by atoms with van der Waals surface area (Å²) in [6.07, 6.45) is 3.68. The van der Waals surface area contributed by atoms with Gasteiger partial charge in [-0.05, 0) is 31.1 Å². The van der Waals surface area contributed by atoms with Crippen LogP contribution in [0.25, 0.3) is 0 Å². The molecule has 0 saturated heterocycles. The third kappa shape index (κ3) is 1.81. The molecule has 0 aromatic rings. The predicted octanol–water partition coefficient (Wildman–Crippen LogP) is 0.914. The Morgan fingerprint density at radius 1 is 0.727 bits per heavy atom. The van der Waals surface area contributed by atoms with E-state index in [4.69, 9.17) is 11.5 Å². The number of rotatable bonds is 0. The van der Waals surface area contributed by atoms with E-state index in [-0.39, 0.29) is 24.8 Å². The van der Waals surface area contributed by atoms with Gasteiger partial charge in [-0.3, -0.25) is 0 Å². The lowest BCUT2D eigenvalue weighted by atomic mass is 9.93. The van der Waals surface area contributed by atoms with Gasteiger partial charge in [0.25, 0.3) is 0 Å². The summed E-state index contributed by atoms with van der Waals surface area (Å²) >= 11 is 0. The van der Waals surface area contributed by atoms with E-state index in [1.165, 1.54) is 19.3 Å². The molecular formula is C7H16Cl2N2. The Hall–Kier alpha value is 0.500. The molecule has 2 saturated carbocycles. The van der Waals surface area contributed by atoms with Crippen LogP contribution < -0.4 is 11.5 Å². The van der Waals surface area contributed by atoms with E-state index >= 15 is 0 Å². The first-order valence-corrected chi connectivity index (χ1v) is 3.78. The Balaban J connectivity index is 0.000000500. The highest BCUT2D eigenvalue weighted by Gasteiger charge is 2.42. The van der Waals surface area contributed by atoms with E-state index in [0.29, 0.717) is 12.1 Å². The maximum Gasteiger partial charge on any atom is 0.00710 e. The number of halogens is 2. The molecule has 0 heterocycles.